The Labute approximate surface area is 189 Å². The van der Waals surface area contributed by atoms with Crippen LogP contribution in [0.25, 0.3) is 21.6 Å². The first-order chi connectivity index (χ1) is 15.7. The number of hydrogen-bond donors (Lipinski definition) is 3. The smallest absolute Gasteiger partial charge is 0.190 e. The Bertz CT molecular complexity index is 1220. The molecule has 0 saturated heterocycles. The molecule has 164 valence electrons. The standard InChI is InChI=1S/C23H24N6O2S/c1-31-17-11-14(12-24-13-17)18-9-10-19-22(26-18)32-23(27-19)29-21-4-2-3-20(28-21)25-15-5-7-16(30)8-6-15/h2-4,9-13,15-16,30H,5-8H2,1H3,(H2,25,27,28,29)/t15-,16-. The molecule has 4 heterocycles. The fourth-order valence-corrected chi connectivity index (χ4v) is 4.67. The lowest BCUT2D eigenvalue weighted by Gasteiger charge is -2.26. The highest BCUT2D eigenvalue weighted by Crippen LogP contribution is 2.30. The van der Waals surface area contributed by atoms with Crippen molar-refractivity contribution in [2.45, 2.75) is 37.8 Å². The number of nitrogens with one attached hydrogen (secondary N) is 2. The van der Waals surface area contributed by atoms with Gasteiger partial charge in [0.15, 0.2) is 5.13 Å². The van der Waals surface area contributed by atoms with Crippen molar-refractivity contribution in [3.05, 3.63) is 48.8 Å². The second-order valence-corrected chi connectivity index (χ2v) is 8.81. The van der Waals surface area contributed by atoms with E-state index in [9.17, 15) is 5.11 Å². The van der Waals surface area contributed by atoms with Crippen LogP contribution < -0.4 is 15.4 Å². The minimum Gasteiger partial charge on any atom is -0.495 e. The number of ether oxygens (including phenoxy) is 1. The van der Waals surface area contributed by atoms with Gasteiger partial charge in [0.05, 0.1) is 25.1 Å². The molecule has 8 nitrogen and oxygen atoms in total. The molecule has 1 aliphatic rings. The van der Waals surface area contributed by atoms with E-state index in [1.54, 1.807) is 19.5 Å². The van der Waals surface area contributed by atoms with Gasteiger partial charge in [0.2, 0.25) is 0 Å². The van der Waals surface area contributed by atoms with Crippen LogP contribution in [0.2, 0.25) is 0 Å². The van der Waals surface area contributed by atoms with Crippen LogP contribution in [0.5, 0.6) is 5.75 Å². The Morgan fingerprint density at radius 1 is 1.00 bits per heavy atom. The van der Waals surface area contributed by atoms with Crippen molar-refractivity contribution in [1.82, 2.24) is 19.9 Å². The molecule has 0 amide bonds. The van der Waals surface area contributed by atoms with Gasteiger partial charge in [-0.3, -0.25) is 4.98 Å². The number of aliphatic hydroxyl groups excluding tert-OH is 1. The second-order valence-electron chi connectivity index (χ2n) is 7.84. The second kappa shape index (κ2) is 9.05. The van der Waals surface area contributed by atoms with Crippen molar-refractivity contribution in [1.29, 1.82) is 0 Å². The van der Waals surface area contributed by atoms with Crippen LogP contribution in [-0.4, -0.2) is 44.3 Å². The van der Waals surface area contributed by atoms with Crippen molar-refractivity contribution in [2.24, 2.45) is 0 Å². The lowest BCUT2D eigenvalue weighted by molar-refractivity contribution is 0.126. The van der Waals surface area contributed by atoms with Gasteiger partial charge in [0.25, 0.3) is 0 Å². The normalized spacial score (nSPS) is 18.4. The first kappa shape index (κ1) is 20.6. The van der Waals surface area contributed by atoms with Gasteiger partial charge in [-0.2, -0.15) is 0 Å². The maximum atomic E-state index is 9.69. The number of aliphatic hydroxyl groups is 1. The lowest BCUT2D eigenvalue weighted by atomic mass is 9.93. The zero-order valence-corrected chi connectivity index (χ0v) is 18.5. The molecule has 0 aliphatic heterocycles. The molecule has 0 atom stereocenters. The van der Waals surface area contributed by atoms with Crippen molar-refractivity contribution in [3.8, 4) is 17.0 Å². The number of pyridine rings is 3. The lowest BCUT2D eigenvalue weighted by Crippen LogP contribution is -2.28. The van der Waals surface area contributed by atoms with Gasteiger partial charge in [-0.1, -0.05) is 17.4 Å². The Kier molecular flexibility index (Phi) is 5.83. The highest BCUT2D eigenvalue weighted by molar-refractivity contribution is 7.21. The minimum atomic E-state index is -0.164. The molecule has 0 unspecified atom stereocenters. The molecule has 0 aromatic carbocycles. The summed E-state index contributed by atoms with van der Waals surface area (Å²) in [5.41, 5.74) is 2.54. The van der Waals surface area contributed by atoms with E-state index in [-0.39, 0.29) is 6.10 Å². The van der Waals surface area contributed by atoms with E-state index >= 15 is 0 Å². The minimum absolute atomic E-state index is 0.164. The van der Waals surface area contributed by atoms with E-state index in [0.717, 1.165) is 64.1 Å². The van der Waals surface area contributed by atoms with E-state index in [2.05, 4.69) is 25.6 Å². The monoisotopic (exact) mass is 448 g/mol. The predicted molar refractivity (Wildman–Crippen MR) is 127 cm³/mol. The van der Waals surface area contributed by atoms with E-state index < -0.39 is 0 Å². The summed E-state index contributed by atoms with van der Waals surface area (Å²) in [5, 5.41) is 17.2. The Morgan fingerprint density at radius 3 is 2.69 bits per heavy atom. The number of methoxy groups -OCH3 is 1. The first-order valence-corrected chi connectivity index (χ1v) is 11.4. The summed E-state index contributed by atoms with van der Waals surface area (Å²) in [6.45, 7) is 0. The van der Waals surface area contributed by atoms with E-state index in [0.29, 0.717) is 11.8 Å². The Hall–Kier alpha value is -3.30. The molecule has 3 N–H and O–H groups in total. The molecule has 0 spiro atoms. The van der Waals surface area contributed by atoms with Crippen LogP contribution in [0.4, 0.5) is 16.8 Å². The van der Waals surface area contributed by atoms with Crippen molar-refractivity contribution >= 4 is 38.5 Å². The maximum Gasteiger partial charge on any atom is 0.190 e. The van der Waals surface area contributed by atoms with Crippen LogP contribution in [0.1, 0.15) is 25.7 Å². The number of nitrogens with zero attached hydrogens (tertiary/aromatic N) is 4. The summed E-state index contributed by atoms with van der Waals surface area (Å²) < 4.78 is 5.26. The average molecular weight is 449 g/mol. The molecule has 1 saturated carbocycles. The van der Waals surface area contributed by atoms with Crippen molar-refractivity contribution in [3.63, 3.8) is 0 Å². The SMILES string of the molecule is COc1cncc(-c2ccc3nc(Nc4cccc(N[C@H]5CC[C@H](O)CC5)n4)sc3n2)c1. The summed E-state index contributed by atoms with van der Waals surface area (Å²) in [7, 11) is 1.62. The zero-order valence-electron chi connectivity index (χ0n) is 17.7. The van der Waals surface area contributed by atoms with Gasteiger partial charge in [-0.15, -0.1) is 0 Å². The number of anilines is 3. The molecule has 9 heteroatoms. The average Bonchev–Trinajstić information content (AvgIpc) is 3.22. The fraction of sp³-hybridized carbons (Fsp3) is 0.304. The molecule has 1 aliphatic carbocycles. The van der Waals surface area contributed by atoms with E-state index in [1.807, 2.05) is 36.4 Å². The third kappa shape index (κ3) is 4.63. The molecule has 1 fully saturated rings. The van der Waals surface area contributed by atoms with Crippen LogP contribution in [0, 0.1) is 0 Å². The topological polar surface area (TPSA) is 105 Å². The number of aromatic nitrogens is 4. The summed E-state index contributed by atoms with van der Waals surface area (Å²) in [6, 6.07) is 12.0. The third-order valence-corrected chi connectivity index (χ3v) is 6.41. The van der Waals surface area contributed by atoms with Crippen LogP contribution in [0.3, 0.4) is 0 Å². The summed E-state index contributed by atoms with van der Waals surface area (Å²) in [4.78, 5) is 19.1. The van der Waals surface area contributed by atoms with Crippen molar-refractivity contribution in [2.75, 3.05) is 17.7 Å². The highest BCUT2D eigenvalue weighted by atomic mass is 32.1. The van der Waals surface area contributed by atoms with E-state index in [1.165, 1.54) is 11.3 Å². The van der Waals surface area contributed by atoms with Crippen LogP contribution >= 0.6 is 11.3 Å². The number of hydrogen-bond acceptors (Lipinski definition) is 9. The largest absolute Gasteiger partial charge is 0.495 e. The summed E-state index contributed by atoms with van der Waals surface area (Å²) in [6.07, 6.45) is 6.85. The van der Waals surface area contributed by atoms with Gasteiger partial charge in [-0.05, 0) is 56.0 Å². The van der Waals surface area contributed by atoms with Crippen LogP contribution in [0.15, 0.2) is 48.8 Å². The van der Waals surface area contributed by atoms with Crippen LogP contribution in [-0.2, 0) is 0 Å². The van der Waals surface area contributed by atoms with Gasteiger partial charge in [0, 0.05) is 17.8 Å². The molecular formula is C23H24N6O2S. The molecule has 4 aromatic rings. The molecule has 5 rings (SSSR count). The molecule has 0 radical (unpaired) electrons. The quantitative estimate of drug-likeness (QED) is 0.393. The maximum absolute atomic E-state index is 9.69. The Morgan fingerprint density at radius 2 is 1.84 bits per heavy atom. The summed E-state index contributed by atoms with van der Waals surface area (Å²) >= 11 is 1.48. The highest BCUT2D eigenvalue weighted by Gasteiger charge is 2.19. The number of rotatable bonds is 6. The number of thiazole rings is 1. The van der Waals surface area contributed by atoms with Gasteiger partial charge in [-0.25, -0.2) is 15.0 Å². The first-order valence-electron chi connectivity index (χ1n) is 10.6. The van der Waals surface area contributed by atoms with Gasteiger partial charge < -0.3 is 20.5 Å². The predicted octanol–water partition coefficient (Wildman–Crippen LogP) is 4.62. The van der Waals surface area contributed by atoms with Crippen molar-refractivity contribution < 1.29 is 9.84 Å². The van der Waals surface area contributed by atoms with Gasteiger partial charge in [0.1, 0.15) is 27.7 Å². The summed E-state index contributed by atoms with van der Waals surface area (Å²) in [5.74, 6) is 2.24. The number of fused-ring (bicyclic) bond motifs is 1. The van der Waals surface area contributed by atoms with Gasteiger partial charge >= 0.3 is 0 Å². The third-order valence-electron chi connectivity index (χ3n) is 5.53. The fourth-order valence-electron chi connectivity index (χ4n) is 3.83. The van der Waals surface area contributed by atoms with E-state index in [4.69, 9.17) is 9.72 Å². The molecule has 32 heavy (non-hydrogen) atoms. The molecular weight excluding hydrogens is 424 g/mol. The molecule has 4 aromatic heterocycles. The Balaban J connectivity index is 1.32. The molecule has 0 bridgehead atoms. The zero-order chi connectivity index (χ0) is 21.9.